The van der Waals surface area contributed by atoms with E-state index in [-0.39, 0.29) is 5.82 Å². The van der Waals surface area contributed by atoms with E-state index in [1.807, 2.05) is 17.1 Å². The summed E-state index contributed by atoms with van der Waals surface area (Å²) in [6, 6.07) is 7.05. The van der Waals surface area contributed by atoms with Gasteiger partial charge in [0.2, 0.25) is 0 Å². The van der Waals surface area contributed by atoms with Gasteiger partial charge in [0.1, 0.15) is 11.3 Å². The van der Waals surface area contributed by atoms with Gasteiger partial charge >= 0.3 is 0 Å². The summed E-state index contributed by atoms with van der Waals surface area (Å²) in [6.45, 7) is 0.353. The molecule has 1 aromatic carbocycles. The summed E-state index contributed by atoms with van der Waals surface area (Å²) in [4.78, 5) is 12.0. The number of anilines is 1. The highest BCUT2D eigenvalue weighted by atomic mass is 35.5. The lowest BCUT2D eigenvalue weighted by Gasteiger charge is -2.07. The molecule has 0 aliphatic heterocycles. The molecular weight excluding hydrogens is 407 g/mol. The largest absolute Gasteiger partial charge is 0.375 e. The fourth-order valence-corrected chi connectivity index (χ4v) is 3.77. The number of aromatic amines is 1. The van der Waals surface area contributed by atoms with Gasteiger partial charge in [0.25, 0.3) is 0 Å². The zero-order valence-corrected chi connectivity index (χ0v) is 16.4. The first-order valence-corrected chi connectivity index (χ1v) is 9.99. The standard InChI is InChI=1S/C20H16ClFN8/c21-17-6-15(23-9-18-26-14-3-1-2-13(22)19(14)27-18)20-24-8-16(30(20)28-17)11-7-25-29(10-11)12-4-5-12/h1-3,6-8,10,12,23H,4-5,9H2,(H,26,27). The van der Waals surface area contributed by atoms with Crippen LogP contribution >= 0.6 is 11.6 Å². The number of halogens is 2. The van der Waals surface area contributed by atoms with Crippen molar-refractivity contribution in [1.29, 1.82) is 0 Å². The van der Waals surface area contributed by atoms with Gasteiger partial charge < -0.3 is 10.3 Å². The molecule has 150 valence electrons. The Hall–Kier alpha value is -3.46. The first-order chi connectivity index (χ1) is 14.7. The van der Waals surface area contributed by atoms with Crippen LogP contribution in [-0.2, 0) is 6.54 Å². The number of para-hydroxylation sites is 1. The first-order valence-electron chi connectivity index (χ1n) is 9.61. The lowest BCUT2D eigenvalue weighted by molar-refractivity contribution is 0.637. The van der Waals surface area contributed by atoms with E-state index in [0.29, 0.717) is 45.9 Å². The Kier molecular flexibility index (Phi) is 3.79. The number of nitrogens with zero attached hydrogens (tertiary/aromatic N) is 6. The van der Waals surface area contributed by atoms with Crippen molar-refractivity contribution in [2.45, 2.75) is 25.4 Å². The molecule has 0 bridgehead atoms. The van der Waals surface area contributed by atoms with Crippen molar-refractivity contribution in [3.05, 3.63) is 59.7 Å². The molecule has 0 spiro atoms. The van der Waals surface area contributed by atoms with Crippen LogP contribution in [-0.4, -0.2) is 34.3 Å². The van der Waals surface area contributed by atoms with Crippen molar-refractivity contribution < 1.29 is 4.39 Å². The lowest BCUT2D eigenvalue weighted by Crippen LogP contribution is -2.05. The van der Waals surface area contributed by atoms with Crippen molar-refractivity contribution in [3.8, 4) is 11.3 Å². The molecule has 0 unspecified atom stereocenters. The number of H-pyrrole nitrogens is 1. The maximum atomic E-state index is 13.9. The van der Waals surface area contributed by atoms with Gasteiger partial charge in [-0.1, -0.05) is 17.7 Å². The van der Waals surface area contributed by atoms with Crippen LogP contribution in [0.4, 0.5) is 10.1 Å². The van der Waals surface area contributed by atoms with Gasteiger partial charge in [-0.2, -0.15) is 10.2 Å². The van der Waals surface area contributed by atoms with Crippen molar-refractivity contribution in [3.63, 3.8) is 0 Å². The molecule has 1 aliphatic carbocycles. The van der Waals surface area contributed by atoms with E-state index in [1.165, 1.54) is 6.07 Å². The SMILES string of the molecule is Fc1cccc2[nH]c(CNc3cc(Cl)nn4c(-c5cnn(C6CC6)c5)cnc34)nc12. The highest BCUT2D eigenvalue weighted by molar-refractivity contribution is 6.29. The summed E-state index contributed by atoms with van der Waals surface area (Å²) < 4.78 is 17.6. The number of fused-ring (bicyclic) bond motifs is 2. The summed E-state index contributed by atoms with van der Waals surface area (Å²) in [5.74, 6) is 0.257. The molecule has 0 saturated heterocycles. The molecule has 0 atom stereocenters. The number of hydrogen-bond acceptors (Lipinski definition) is 5. The minimum atomic E-state index is -0.353. The van der Waals surface area contributed by atoms with Crippen LogP contribution in [0.2, 0.25) is 5.15 Å². The normalized spacial score (nSPS) is 14.1. The molecule has 4 heterocycles. The number of aromatic nitrogens is 7. The second-order valence-corrected chi connectivity index (χ2v) is 7.76. The van der Waals surface area contributed by atoms with Crippen LogP contribution in [0.25, 0.3) is 27.9 Å². The Morgan fingerprint density at radius 2 is 2.17 bits per heavy atom. The number of rotatable bonds is 5. The topological polar surface area (TPSA) is 88.7 Å². The van der Waals surface area contributed by atoms with Crippen LogP contribution < -0.4 is 5.32 Å². The monoisotopic (exact) mass is 422 g/mol. The van der Waals surface area contributed by atoms with Gasteiger partial charge in [0.15, 0.2) is 16.6 Å². The fraction of sp³-hybridized carbons (Fsp3) is 0.200. The van der Waals surface area contributed by atoms with Crippen molar-refractivity contribution in [2.75, 3.05) is 5.32 Å². The summed E-state index contributed by atoms with van der Waals surface area (Å²) in [6.07, 6.45) is 7.92. The lowest BCUT2D eigenvalue weighted by atomic mass is 10.3. The molecule has 0 radical (unpaired) electrons. The Morgan fingerprint density at radius 1 is 1.27 bits per heavy atom. The van der Waals surface area contributed by atoms with Crippen LogP contribution in [0.3, 0.4) is 0 Å². The predicted octanol–water partition coefficient (Wildman–Crippen LogP) is 4.21. The quantitative estimate of drug-likeness (QED) is 0.443. The number of benzene rings is 1. The number of hydrogen-bond donors (Lipinski definition) is 2. The van der Waals surface area contributed by atoms with Crippen molar-refractivity contribution >= 4 is 34.0 Å². The van der Waals surface area contributed by atoms with E-state index in [9.17, 15) is 4.39 Å². The fourth-order valence-electron chi connectivity index (χ4n) is 3.59. The van der Waals surface area contributed by atoms with E-state index in [0.717, 1.165) is 24.1 Å². The maximum absolute atomic E-state index is 13.9. The molecule has 2 N–H and O–H groups in total. The molecule has 6 rings (SSSR count). The number of nitrogens with one attached hydrogen (secondary N) is 2. The Labute approximate surface area is 174 Å². The van der Waals surface area contributed by atoms with Gasteiger partial charge in [0.05, 0.1) is 41.9 Å². The van der Waals surface area contributed by atoms with Gasteiger partial charge in [-0.15, -0.1) is 0 Å². The Bertz CT molecular complexity index is 1400. The van der Waals surface area contributed by atoms with E-state index in [4.69, 9.17) is 11.6 Å². The maximum Gasteiger partial charge on any atom is 0.177 e. The van der Waals surface area contributed by atoms with Crippen LogP contribution in [0.1, 0.15) is 24.7 Å². The van der Waals surface area contributed by atoms with E-state index >= 15 is 0 Å². The van der Waals surface area contributed by atoms with E-state index in [1.54, 1.807) is 28.9 Å². The van der Waals surface area contributed by atoms with Crippen LogP contribution in [0.5, 0.6) is 0 Å². The third kappa shape index (κ3) is 2.89. The van der Waals surface area contributed by atoms with Gasteiger partial charge in [-0.3, -0.25) is 4.68 Å². The molecule has 30 heavy (non-hydrogen) atoms. The smallest absolute Gasteiger partial charge is 0.177 e. The van der Waals surface area contributed by atoms with Crippen LogP contribution in [0, 0.1) is 5.82 Å². The van der Waals surface area contributed by atoms with E-state index in [2.05, 4.69) is 30.5 Å². The zero-order chi connectivity index (χ0) is 20.2. The second kappa shape index (κ2) is 6.53. The summed E-state index contributed by atoms with van der Waals surface area (Å²) in [5.41, 5.74) is 4.06. The molecule has 1 fully saturated rings. The highest BCUT2D eigenvalue weighted by Gasteiger charge is 2.25. The number of imidazole rings is 2. The average molecular weight is 423 g/mol. The minimum absolute atomic E-state index is 0.322. The molecule has 1 aliphatic rings. The van der Waals surface area contributed by atoms with Gasteiger partial charge in [-0.25, -0.2) is 18.9 Å². The molecule has 0 amide bonds. The minimum Gasteiger partial charge on any atom is -0.375 e. The van der Waals surface area contributed by atoms with Gasteiger partial charge in [-0.05, 0) is 25.0 Å². The second-order valence-electron chi connectivity index (χ2n) is 7.37. The predicted molar refractivity (Wildman–Crippen MR) is 111 cm³/mol. The molecule has 4 aromatic heterocycles. The molecule has 10 heteroatoms. The third-order valence-electron chi connectivity index (χ3n) is 5.21. The van der Waals surface area contributed by atoms with Crippen LogP contribution in [0.15, 0.2) is 42.9 Å². The summed E-state index contributed by atoms with van der Waals surface area (Å²) in [5, 5.41) is 12.5. The zero-order valence-electron chi connectivity index (χ0n) is 15.7. The Morgan fingerprint density at radius 3 is 3.00 bits per heavy atom. The third-order valence-corrected chi connectivity index (χ3v) is 5.40. The average Bonchev–Trinajstić information content (AvgIpc) is 3.14. The highest BCUT2D eigenvalue weighted by Crippen LogP contribution is 2.35. The Balaban J connectivity index is 1.33. The molecular formula is C20H16ClFN8. The van der Waals surface area contributed by atoms with Gasteiger partial charge in [0, 0.05) is 17.8 Å². The molecule has 8 nitrogen and oxygen atoms in total. The van der Waals surface area contributed by atoms with Crippen molar-refractivity contribution in [2.24, 2.45) is 0 Å². The van der Waals surface area contributed by atoms with E-state index < -0.39 is 0 Å². The van der Waals surface area contributed by atoms with Crippen molar-refractivity contribution in [1.82, 2.24) is 34.3 Å². The molecule has 5 aromatic rings. The summed E-state index contributed by atoms with van der Waals surface area (Å²) >= 11 is 6.28. The summed E-state index contributed by atoms with van der Waals surface area (Å²) in [7, 11) is 0. The molecule has 1 saturated carbocycles. The first kappa shape index (κ1) is 17.4.